The van der Waals surface area contributed by atoms with Gasteiger partial charge in [-0.2, -0.15) is 0 Å². The number of hydrogen-bond donors (Lipinski definition) is 2. The summed E-state index contributed by atoms with van der Waals surface area (Å²) in [7, 11) is 0. The van der Waals surface area contributed by atoms with Crippen LogP contribution in [-0.4, -0.2) is 54.8 Å². The van der Waals surface area contributed by atoms with Crippen molar-refractivity contribution < 1.29 is 28.6 Å². The number of carbonyl (C=O) groups is 2. The molecule has 1 fully saturated rings. The fourth-order valence-electron chi connectivity index (χ4n) is 5.15. The first-order valence-corrected chi connectivity index (χ1v) is 12.2. The number of aromatic nitrogens is 2. The van der Waals surface area contributed by atoms with Gasteiger partial charge in [-0.05, 0) is 20.1 Å². The van der Waals surface area contributed by atoms with Crippen molar-refractivity contribution in [1.82, 2.24) is 14.3 Å². The van der Waals surface area contributed by atoms with Crippen molar-refractivity contribution in [2.24, 2.45) is 11.3 Å². The van der Waals surface area contributed by atoms with E-state index in [0.717, 1.165) is 9.86 Å². The van der Waals surface area contributed by atoms with Crippen molar-refractivity contribution in [3.05, 3.63) is 45.2 Å². The Kier molecular flexibility index (Phi) is 4.89. The first-order valence-electron chi connectivity index (χ1n) is 10.2. The van der Waals surface area contributed by atoms with Crippen LogP contribution in [0.1, 0.15) is 30.2 Å². The molecule has 33 heavy (non-hydrogen) atoms. The van der Waals surface area contributed by atoms with Gasteiger partial charge in [0.15, 0.2) is 5.76 Å². The van der Waals surface area contributed by atoms with Crippen molar-refractivity contribution in [3.8, 4) is 0 Å². The Hall–Kier alpha value is -2.83. The van der Waals surface area contributed by atoms with Crippen LogP contribution in [0.4, 0.5) is 0 Å². The van der Waals surface area contributed by atoms with Gasteiger partial charge in [0.05, 0.1) is 22.9 Å². The molecular weight excluding hydrogens is 470 g/mol. The van der Waals surface area contributed by atoms with Gasteiger partial charge in [0.25, 0.3) is 0 Å². The molecular formula is C21H21N3O7S2. The van der Waals surface area contributed by atoms with E-state index in [0.29, 0.717) is 16.2 Å². The number of hydrogen-bond acceptors (Lipinski definition) is 9. The molecule has 1 saturated heterocycles. The minimum absolute atomic E-state index is 0.115. The Balaban J connectivity index is 1.75. The predicted octanol–water partition coefficient (Wildman–Crippen LogP) is 2.24. The van der Waals surface area contributed by atoms with Crippen molar-refractivity contribution in [2.45, 2.75) is 44.4 Å². The maximum Gasteiger partial charge on any atom is 0.519 e. The molecule has 2 aliphatic rings. The zero-order valence-electron chi connectivity index (χ0n) is 18.2. The Morgan fingerprint density at radius 2 is 2.12 bits per heavy atom. The zero-order valence-corrected chi connectivity index (χ0v) is 19.8. The number of aliphatic carboxylic acids is 1. The monoisotopic (exact) mass is 491 g/mol. The number of aliphatic hydroxyl groups is 1. The lowest BCUT2D eigenvalue weighted by molar-refractivity contribution is -0.166. The Morgan fingerprint density at radius 3 is 2.70 bits per heavy atom. The number of carboxylic acids is 1. The second-order valence-corrected chi connectivity index (χ2v) is 10.4. The molecule has 10 nitrogen and oxygen atoms in total. The van der Waals surface area contributed by atoms with Gasteiger partial charge in [0, 0.05) is 23.6 Å². The largest absolute Gasteiger partial charge is 0.519 e. The summed E-state index contributed by atoms with van der Waals surface area (Å²) in [6.45, 7) is 4.96. The van der Waals surface area contributed by atoms with Crippen LogP contribution in [-0.2, 0) is 16.0 Å². The third-order valence-electron chi connectivity index (χ3n) is 6.55. The molecule has 2 N–H and O–H groups in total. The first-order chi connectivity index (χ1) is 15.6. The van der Waals surface area contributed by atoms with Crippen molar-refractivity contribution in [1.29, 1.82) is 0 Å². The van der Waals surface area contributed by atoms with E-state index >= 15 is 0 Å². The van der Waals surface area contributed by atoms with E-state index in [9.17, 15) is 24.6 Å². The number of aliphatic hydroxyl groups excluding tert-OH is 1. The molecule has 3 aromatic rings. The van der Waals surface area contributed by atoms with Crippen LogP contribution in [0, 0.1) is 18.3 Å². The topological polar surface area (TPSA) is 138 Å². The molecule has 4 atom stereocenters. The number of imidazole rings is 1. The third kappa shape index (κ3) is 2.97. The van der Waals surface area contributed by atoms with E-state index in [1.165, 1.54) is 34.9 Å². The summed E-state index contributed by atoms with van der Waals surface area (Å²) in [6, 6.07) is -0.620. The highest BCUT2D eigenvalue weighted by Crippen LogP contribution is 2.59. The van der Waals surface area contributed by atoms with E-state index in [1.54, 1.807) is 19.4 Å². The molecule has 0 saturated carbocycles. The highest BCUT2D eigenvalue weighted by atomic mass is 32.2. The standard InChI is InChI=1S/C21H21N3O7S2/c1-8(25)12-15-21(3,5-10-9(2)30-20(29)31-10)13(14(19(27)28)24(15)17(12)26)11-6-23-7-22-16(32-4)18(23)33-11/h6-8,12,15,25H,5H2,1-4H3,(H,27,28)/t8-,12-,15-,21+/m1/s1. The van der Waals surface area contributed by atoms with Crippen LogP contribution < -0.4 is 5.82 Å². The Bertz CT molecular complexity index is 1390. The second kappa shape index (κ2) is 7.34. The number of fused-ring (bicyclic) bond motifs is 2. The molecule has 0 aromatic carbocycles. The molecule has 174 valence electrons. The minimum atomic E-state index is -1.23. The smallest absolute Gasteiger partial charge is 0.477 e. The molecule has 0 radical (unpaired) electrons. The molecule has 3 aromatic heterocycles. The van der Waals surface area contributed by atoms with Crippen molar-refractivity contribution >= 4 is 45.4 Å². The number of nitrogens with zero attached hydrogens (tertiary/aromatic N) is 3. The predicted molar refractivity (Wildman–Crippen MR) is 119 cm³/mol. The number of carbonyl (C=O) groups excluding carboxylic acids is 1. The van der Waals surface area contributed by atoms with Gasteiger partial charge < -0.3 is 23.9 Å². The summed E-state index contributed by atoms with van der Waals surface area (Å²) in [4.78, 5) is 44.3. The number of carboxylic acid groups (broad SMARTS) is 1. The number of aryl methyl sites for hydroxylation is 1. The van der Waals surface area contributed by atoms with E-state index in [1.807, 2.05) is 17.6 Å². The number of thiazole rings is 1. The summed E-state index contributed by atoms with van der Waals surface area (Å²) < 4.78 is 12.1. The summed E-state index contributed by atoms with van der Waals surface area (Å²) in [6.07, 6.45) is 4.51. The number of amides is 1. The van der Waals surface area contributed by atoms with Gasteiger partial charge in [0.1, 0.15) is 27.6 Å². The zero-order chi connectivity index (χ0) is 23.8. The lowest BCUT2D eigenvalue weighted by Crippen LogP contribution is -2.66. The van der Waals surface area contributed by atoms with E-state index in [-0.39, 0.29) is 17.9 Å². The summed E-state index contributed by atoms with van der Waals surface area (Å²) >= 11 is 2.86. The minimum Gasteiger partial charge on any atom is -0.477 e. The molecule has 0 unspecified atom stereocenters. The molecule has 12 heteroatoms. The SMILES string of the molecule is CSc1ncn2cc(C3=C(C(=O)O)N4C(=O)[C@H]([C@@H](C)O)[C@@H]4[C@@]3(C)Cc3oc(=O)oc3C)sc12. The lowest BCUT2D eigenvalue weighted by atomic mass is 9.65. The summed E-state index contributed by atoms with van der Waals surface area (Å²) in [5.74, 6) is -2.72. The fourth-order valence-corrected chi connectivity index (χ4v) is 7.11. The number of rotatable bonds is 6. The quantitative estimate of drug-likeness (QED) is 0.393. The summed E-state index contributed by atoms with van der Waals surface area (Å²) in [5.41, 5.74) is -0.625. The van der Waals surface area contributed by atoms with E-state index in [2.05, 4.69) is 4.98 Å². The molecule has 5 heterocycles. The molecule has 1 amide bonds. The highest BCUT2D eigenvalue weighted by Gasteiger charge is 2.66. The highest BCUT2D eigenvalue weighted by molar-refractivity contribution is 7.98. The third-order valence-corrected chi connectivity index (χ3v) is 8.49. The summed E-state index contributed by atoms with van der Waals surface area (Å²) in [5, 5.41) is 21.3. The van der Waals surface area contributed by atoms with Gasteiger partial charge >= 0.3 is 11.8 Å². The van der Waals surface area contributed by atoms with Gasteiger partial charge in [-0.25, -0.2) is 14.6 Å². The first kappa shape index (κ1) is 22.0. The molecule has 0 bridgehead atoms. The average molecular weight is 492 g/mol. The van der Waals surface area contributed by atoms with Crippen LogP contribution in [0.25, 0.3) is 10.4 Å². The van der Waals surface area contributed by atoms with Gasteiger partial charge in [-0.3, -0.25) is 9.20 Å². The van der Waals surface area contributed by atoms with E-state index < -0.39 is 41.2 Å². The molecule has 0 spiro atoms. The van der Waals surface area contributed by atoms with Crippen LogP contribution in [0.3, 0.4) is 0 Å². The second-order valence-electron chi connectivity index (χ2n) is 8.54. The van der Waals surface area contributed by atoms with Crippen molar-refractivity contribution in [3.63, 3.8) is 0 Å². The molecule has 2 aliphatic heterocycles. The fraction of sp³-hybridized carbons (Fsp3) is 0.429. The maximum absolute atomic E-state index is 13.0. The van der Waals surface area contributed by atoms with Crippen LogP contribution in [0.15, 0.2) is 36.9 Å². The number of β-lactam (4-membered cyclic amide) rings is 1. The van der Waals surface area contributed by atoms with Gasteiger partial charge in [0.2, 0.25) is 5.91 Å². The lowest BCUT2D eigenvalue weighted by Gasteiger charge is -2.50. The van der Waals surface area contributed by atoms with Crippen molar-refractivity contribution in [2.75, 3.05) is 6.26 Å². The molecule has 5 rings (SSSR count). The Labute approximate surface area is 195 Å². The molecule has 0 aliphatic carbocycles. The van der Waals surface area contributed by atoms with Crippen LogP contribution in [0.5, 0.6) is 0 Å². The average Bonchev–Trinajstić information content (AvgIpc) is 3.42. The normalized spacial score (nSPS) is 25.6. The van der Waals surface area contributed by atoms with E-state index in [4.69, 9.17) is 8.83 Å². The Morgan fingerprint density at radius 1 is 1.39 bits per heavy atom. The van der Waals surface area contributed by atoms with Gasteiger partial charge in [-0.1, -0.05) is 6.92 Å². The number of thioether (sulfide) groups is 1. The van der Waals surface area contributed by atoms with Crippen LogP contribution in [0.2, 0.25) is 0 Å². The van der Waals surface area contributed by atoms with Gasteiger partial charge in [-0.15, -0.1) is 23.1 Å². The maximum atomic E-state index is 13.0. The van der Waals surface area contributed by atoms with Crippen LogP contribution >= 0.6 is 23.1 Å².